The third kappa shape index (κ3) is 4.04. The van der Waals surface area contributed by atoms with Gasteiger partial charge in [-0.1, -0.05) is 12.1 Å². The summed E-state index contributed by atoms with van der Waals surface area (Å²) in [6, 6.07) is 3.78. The van der Waals surface area contributed by atoms with Crippen molar-refractivity contribution in [2.45, 2.75) is 32.6 Å². The molecule has 5 nitrogen and oxygen atoms in total. The van der Waals surface area contributed by atoms with Gasteiger partial charge in [0.2, 0.25) is 5.91 Å². The Labute approximate surface area is 155 Å². The molecule has 1 aromatic heterocycles. The van der Waals surface area contributed by atoms with Gasteiger partial charge >= 0.3 is 0 Å². The summed E-state index contributed by atoms with van der Waals surface area (Å²) < 4.78 is 0. The van der Waals surface area contributed by atoms with Crippen molar-refractivity contribution in [2.75, 3.05) is 13.1 Å². The molecule has 0 atom stereocenters. The average molecular weight is 377 g/mol. The first-order valence-corrected chi connectivity index (χ1v) is 10.1. The lowest BCUT2D eigenvalue weighted by Gasteiger charge is -2.27. The van der Waals surface area contributed by atoms with E-state index in [1.54, 1.807) is 11.0 Å². The van der Waals surface area contributed by atoms with Crippen molar-refractivity contribution in [1.82, 2.24) is 9.80 Å². The number of thioether (sulfide) groups is 1. The number of thiophene rings is 1. The van der Waals surface area contributed by atoms with E-state index >= 15 is 0 Å². The fraction of sp³-hybridized carbons (Fsp3) is 0.389. The quantitative estimate of drug-likeness (QED) is 0.726. The Morgan fingerprint density at radius 3 is 2.84 bits per heavy atom. The molecule has 1 aliphatic carbocycles. The average Bonchev–Trinajstić information content (AvgIpc) is 3.21. The highest BCUT2D eigenvalue weighted by Gasteiger charge is 2.37. The van der Waals surface area contributed by atoms with Gasteiger partial charge in [0.05, 0.1) is 4.91 Å². The molecule has 7 heteroatoms. The first kappa shape index (κ1) is 17.9. The zero-order chi connectivity index (χ0) is 17.8. The van der Waals surface area contributed by atoms with Gasteiger partial charge in [0.1, 0.15) is 6.54 Å². The van der Waals surface area contributed by atoms with Crippen LogP contribution in [0.1, 0.15) is 37.5 Å². The zero-order valence-electron chi connectivity index (χ0n) is 14.1. The standard InChI is InChI=1S/C18H20N2O3S2/c1-2-19(13-7-4-3-5-8-13)16(21)12-20-17(22)15(25-18(20)23)11-14-9-6-10-24-14/h6-7,9-11H,2-5,8,12H2,1H3/b15-11-. The van der Waals surface area contributed by atoms with Crippen LogP contribution in [0.15, 0.2) is 34.2 Å². The number of imide groups is 1. The summed E-state index contributed by atoms with van der Waals surface area (Å²) in [5.41, 5.74) is 1.01. The summed E-state index contributed by atoms with van der Waals surface area (Å²) >= 11 is 2.40. The van der Waals surface area contributed by atoms with Gasteiger partial charge in [-0.3, -0.25) is 19.3 Å². The van der Waals surface area contributed by atoms with Crippen molar-refractivity contribution in [3.05, 3.63) is 39.1 Å². The normalized spacial score (nSPS) is 19.5. The zero-order valence-corrected chi connectivity index (χ0v) is 15.7. The molecule has 2 aliphatic rings. The van der Waals surface area contributed by atoms with Gasteiger partial charge in [0.15, 0.2) is 0 Å². The molecule has 0 N–H and O–H groups in total. The molecule has 132 valence electrons. The van der Waals surface area contributed by atoms with Gasteiger partial charge in [-0.25, -0.2) is 0 Å². The second-order valence-corrected chi connectivity index (χ2v) is 7.83. The highest BCUT2D eigenvalue weighted by molar-refractivity contribution is 8.18. The summed E-state index contributed by atoms with van der Waals surface area (Å²) in [6.45, 7) is 2.27. The van der Waals surface area contributed by atoms with Crippen molar-refractivity contribution in [3.63, 3.8) is 0 Å². The summed E-state index contributed by atoms with van der Waals surface area (Å²) in [6.07, 6.45) is 7.87. The fourth-order valence-corrected chi connectivity index (χ4v) is 4.53. The number of amides is 3. The summed E-state index contributed by atoms with van der Waals surface area (Å²) in [7, 11) is 0. The highest BCUT2D eigenvalue weighted by atomic mass is 32.2. The van der Waals surface area contributed by atoms with Crippen molar-refractivity contribution >= 4 is 46.2 Å². The Balaban J connectivity index is 1.71. The van der Waals surface area contributed by atoms with Crippen molar-refractivity contribution in [1.29, 1.82) is 0 Å². The van der Waals surface area contributed by atoms with E-state index in [4.69, 9.17) is 0 Å². The highest BCUT2D eigenvalue weighted by Crippen LogP contribution is 2.33. The largest absolute Gasteiger partial charge is 0.315 e. The van der Waals surface area contributed by atoms with Crippen LogP contribution in [0.2, 0.25) is 0 Å². The number of hydrogen-bond acceptors (Lipinski definition) is 5. The van der Waals surface area contributed by atoms with Crippen LogP contribution in [0.4, 0.5) is 4.79 Å². The number of nitrogens with zero attached hydrogens (tertiary/aromatic N) is 2. The molecule has 0 radical (unpaired) electrons. The second-order valence-electron chi connectivity index (χ2n) is 5.86. The monoisotopic (exact) mass is 376 g/mol. The van der Waals surface area contributed by atoms with Crippen LogP contribution in [0.3, 0.4) is 0 Å². The molecular weight excluding hydrogens is 356 g/mol. The van der Waals surface area contributed by atoms with Crippen molar-refractivity contribution in [3.8, 4) is 0 Å². The minimum absolute atomic E-state index is 0.197. The molecule has 25 heavy (non-hydrogen) atoms. The molecule has 0 spiro atoms. The van der Waals surface area contributed by atoms with Gasteiger partial charge in [0.25, 0.3) is 11.1 Å². The van der Waals surface area contributed by atoms with E-state index in [2.05, 4.69) is 6.08 Å². The molecule has 0 saturated carbocycles. The molecule has 1 saturated heterocycles. The van der Waals surface area contributed by atoms with Crippen LogP contribution in [0.25, 0.3) is 6.08 Å². The molecule has 0 bridgehead atoms. The van der Waals surface area contributed by atoms with Crippen molar-refractivity contribution in [2.24, 2.45) is 0 Å². The maximum atomic E-state index is 12.7. The summed E-state index contributed by atoms with van der Waals surface area (Å²) in [5, 5.41) is 1.53. The Kier molecular flexibility index (Phi) is 5.75. The lowest BCUT2D eigenvalue weighted by atomic mass is 10.0. The Morgan fingerprint density at radius 1 is 1.36 bits per heavy atom. The minimum atomic E-state index is -0.384. The molecule has 0 unspecified atom stereocenters. The molecule has 3 rings (SSSR count). The maximum Gasteiger partial charge on any atom is 0.294 e. The van der Waals surface area contributed by atoms with Crippen molar-refractivity contribution < 1.29 is 14.4 Å². The van der Waals surface area contributed by atoms with Gasteiger partial charge in [-0.2, -0.15) is 0 Å². The number of carbonyl (C=O) groups is 3. The summed E-state index contributed by atoms with van der Waals surface area (Å²) in [5.74, 6) is -0.583. The van der Waals surface area contributed by atoms with Crippen LogP contribution >= 0.6 is 23.1 Å². The number of allylic oxidation sites excluding steroid dienone is 2. The van der Waals surface area contributed by atoms with Crippen LogP contribution in [0.5, 0.6) is 0 Å². The number of likely N-dealkylation sites (N-methyl/N-ethyl adjacent to an activating group) is 1. The van der Waals surface area contributed by atoms with Gasteiger partial charge in [-0.05, 0) is 61.9 Å². The smallest absolute Gasteiger partial charge is 0.294 e. The summed E-state index contributed by atoms with van der Waals surface area (Å²) in [4.78, 5) is 41.4. The lowest BCUT2D eigenvalue weighted by Crippen LogP contribution is -2.41. The van der Waals surface area contributed by atoms with Gasteiger partial charge in [-0.15, -0.1) is 11.3 Å². The SMILES string of the molecule is CCN(C(=O)CN1C(=O)S/C(=C\c2cccs2)C1=O)C1=CCCCC1. The predicted octanol–water partition coefficient (Wildman–Crippen LogP) is 4.09. The van der Waals surface area contributed by atoms with Crippen LogP contribution in [-0.4, -0.2) is 39.9 Å². The maximum absolute atomic E-state index is 12.7. The number of rotatable bonds is 5. The minimum Gasteiger partial charge on any atom is -0.315 e. The molecule has 2 heterocycles. The first-order valence-electron chi connectivity index (χ1n) is 8.38. The Morgan fingerprint density at radius 2 is 2.20 bits per heavy atom. The van der Waals surface area contributed by atoms with E-state index in [1.807, 2.05) is 24.4 Å². The van der Waals surface area contributed by atoms with Crippen LogP contribution in [0, 0.1) is 0 Å². The third-order valence-corrected chi connectivity index (χ3v) is 5.94. The Bertz CT molecular complexity index is 738. The topological polar surface area (TPSA) is 57.7 Å². The van der Waals surface area contributed by atoms with E-state index in [0.717, 1.165) is 52.9 Å². The first-order chi connectivity index (χ1) is 12.1. The van der Waals surface area contributed by atoms with E-state index in [1.165, 1.54) is 11.3 Å². The molecule has 1 aliphatic heterocycles. The molecule has 3 amide bonds. The van der Waals surface area contributed by atoms with Gasteiger partial charge in [0, 0.05) is 17.1 Å². The van der Waals surface area contributed by atoms with Gasteiger partial charge < -0.3 is 4.90 Å². The van der Waals surface area contributed by atoms with Crippen LogP contribution in [-0.2, 0) is 9.59 Å². The van der Waals surface area contributed by atoms with E-state index in [0.29, 0.717) is 11.4 Å². The molecular formula is C18H20N2O3S2. The van der Waals surface area contributed by atoms with E-state index in [9.17, 15) is 14.4 Å². The lowest BCUT2D eigenvalue weighted by molar-refractivity contribution is -0.134. The number of hydrogen-bond donors (Lipinski definition) is 0. The second kappa shape index (κ2) is 8.01. The third-order valence-electron chi connectivity index (χ3n) is 4.21. The molecule has 1 fully saturated rings. The molecule has 1 aromatic rings. The predicted molar refractivity (Wildman–Crippen MR) is 101 cm³/mol. The number of carbonyl (C=O) groups excluding carboxylic acids is 3. The van der Waals surface area contributed by atoms with E-state index in [-0.39, 0.29) is 23.6 Å². The Hall–Kier alpha value is -1.86. The van der Waals surface area contributed by atoms with Crippen LogP contribution < -0.4 is 0 Å². The fourth-order valence-electron chi connectivity index (χ4n) is 2.97. The van der Waals surface area contributed by atoms with E-state index < -0.39 is 0 Å². The molecule has 0 aromatic carbocycles.